The number of benzene rings is 2. The first-order valence-corrected chi connectivity index (χ1v) is 14.7. The smallest absolute Gasteiger partial charge is 0.238 e. The van der Waals surface area contributed by atoms with Gasteiger partial charge in [-0.1, -0.05) is 31.2 Å². The molecule has 31 heavy (non-hydrogen) atoms. The molecule has 0 aliphatic carbocycles. The fourth-order valence-corrected chi connectivity index (χ4v) is 8.88. The Morgan fingerprint density at radius 3 is 2.00 bits per heavy atom. The molecule has 0 spiro atoms. The minimum atomic E-state index is -3.82. The van der Waals surface area contributed by atoms with Gasteiger partial charge in [-0.25, -0.2) is 30.4 Å². The van der Waals surface area contributed by atoms with E-state index < -0.39 is 46.7 Å². The summed E-state index contributed by atoms with van der Waals surface area (Å²) in [6.07, 6.45) is 1.25. The highest BCUT2D eigenvalue weighted by Gasteiger charge is 2.45. The molecular weight excluding hydrogens is 460 g/mol. The Kier molecular flexibility index (Phi) is 6.92. The first-order valence-electron chi connectivity index (χ1n) is 9.81. The van der Waals surface area contributed by atoms with E-state index in [1.54, 1.807) is 24.3 Å². The molecule has 1 saturated heterocycles. The third-order valence-electron chi connectivity index (χ3n) is 5.43. The number of primary sulfonamides is 1. The van der Waals surface area contributed by atoms with E-state index in [2.05, 4.69) is 5.32 Å². The minimum absolute atomic E-state index is 0.00587. The molecule has 8 nitrogen and oxygen atoms in total. The number of sulfonamides is 1. The Morgan fingerprint density at radius 2 is 1.45 bits per heavy atom. The number of rotatable bonds is 8. The van der Waals surface area contributed by atoms with Gasteiger partial charge in [-0.15, -0.1) is 0 Å². The van der Waals surface area contributed by atoms with Crippen LogP contribution in [0.3, 0.4) is 0 Å². The number of sulfone groups is 2. The SMILES string of the molecule is CCc1ccc(S(=O)(=O)[C@@H]2CS(=O)(=O)C[C@@H]2NCCc2ccc(S(N)(=O)=O)cc2)cc1. The highest BCUT2D eigenvalue weighted by Crippen LogP contribution is 2.26. The molecule has 11 heteroatoms. The van der Waals surface area contributed by atoms with Crippen molar-refractivity contribution >= 4 is 29.7 Å². The Morgan fingerprint density at radius 1 is 0.903 bits per heavy atom. The molecule has 1 fully saturated rings. The van der Waals surface area contributed by atoms with Crippen molar-refractivity contribution in [1.29, 1.82) is 0 Å². The van der Waals surface area contributed by atoms with Crippen LogP contribution in [0.15, 0.2) is 58.3 Å². The lowest BCUT2D eigenvalue weighted by Gasteiger charge is -2.20. The molecule has 1 aliphatic heterocycles. The Hall–Kier alpha value is -1.79. The van der Waals surface area contributed by atoms with Crippen molar-refractivity contribution < 1.29 is 25.3 Å². The molecule has 0 unspecified atom stereocenters. The lowest BCUT2D eigenvalue weighted by molar-refractivity contribution is 0.528. The van der Waals surface area contributed by atoms with Crippen LogP contribution < -0.4 is 10.5 Å². The lowest BCUT2D eigenvalue weighted by atomic mass is 10.1. The topological polar surface area (TPSA) is 140 Å². The van der Waals surface area contributed by atoms with Crippen LogP contribution in [0.25, 0.3) is 0 Å². The van der Waals surface area contributed by atoms with Crippen LogP contribution in [0.5, 0.6) is 0 Å². The predicted molar refractivity (Wildman–Crippen MR) is 119 cm³/mol. The third-order valence-corrected chi connectivity index (χ3v) is 10.5. The number of nitrogens with two attached hydrogens (primary N) is 1. The third kappa shape index (κ3) is 5.72. The molecule has 0 aromatic heterocycles. The number of nitrogens with one attached hydrogen (secondary N) is 1. The molecule has 2 aromatic rings. The molecule has 0 saturated carbocycles. The zero-order chi connectivity index (χ0) is 22.9. The zero-order valence-corrected chi connectivity index (χ0v) is 19.5. The molecule has 170 valence electrons. The maximum atomic E-state index is 13.1. The molecule has 1 aliphatic rings. The Bertz CT molecular complexity index is 1240. The standard InChI is InChI=1S/C20H26N2O6S3/c1-2-15-3-7-17(8-4-15)30(25,26)20-14-29(23,24)13-19(20)22-12-11-16-5-9-18(10-6-16)31(21,27)28/h3-10,19-20,22H,2,11-14H2,1H3,(H2,21,27,28)/t19-,20+/m0/s1. The van der Waals surface area contributed by atoms with Gasteiger partial charge in [0.2, 0.25) is 10.0 Å². The van der Waals surface area contributed by atoms with Crippen LogP contribution in [0.2, 0.25) is 0 Å². The van der Waals surface area contributed by atoms with Crippen molar-refractivity contribution in [3.8, 4) is 0 Å². The Balaban J connectivity index is 1.71. The summed E-state index contributed by atoms with van der Waals surface area (Å²) in [4.78, 5) is 0.128. The summed E-state index contributed by atoms with van der Waals surface area (Å²) >= 11 is 0. The minimum Gasteiger partial charge on any atom is -0.311 e. The van der Waals surface area contributed by atoms with Gasteiger partial charge >= 0.3 is 0 Å². The van der Waals surface area contributed by atoms with Gasteiger partial charge in [0.05, 0.1) is 26.5 Å². The molecule has 1 heterocycles. The van der Waals surface area contributed by atoms with Gasteiger partial charge in [-0.3, -0.25) is 0 Å². The quantitative estimate of drug-likeness (QED) is 0.559. The van der Waals surface area contributed by atoms with Crippen LogP contribution in [0, 0.1) is 0 Å². The van der Waals surface area contributed by atoms with E-state index in [1.165, 1.54) is 24.3 Å². The van der Waals surface area contributed by atoms with E-state index in [0.717, 1.165) is 17.5 Å². The van der Waals surface area contributed by atoms with Crippen LogP contribution in [-0.2, 0) is 42.5 Å². The van der Waals surface area contributed by atoms with E-state index in [4.69, 9.17) is 5.14 Å². The first kappa shape index (κ1) is 23.9. The van der Waals surface area contributed by atoms with Crippen molar-refractivity contribution in [3.63, 3.8) is 0 Å². The van der Waals surface area contributed by atoms with E-state index in [0.29, 0.717) is 13.0 Å². The maximum absolute atomic E-state index is 13.1. The van der Waals surface area contributed by atoms with E-state index in [1.807, 2.05) is 6.92 Å². The monoisotopic (exact) mass is 486 g/mol. The molecule has 0 bridgehead atoms. The highest BCUT2D eigenvalue weighted by molar-refractivity contribution is 7.96. The second kappa shape index (κ2) is 8.99. The van der Waals surface area contributed by atoms with Gasteiger partial charge in [-0.2, -0.15) is 0 Å². The van der Waals surface area contributed by atoms with Crippen molar-refractivity contribution in [3.05, 3.63) is 59.7 Å². The van der Waals surface area contributed by atoms with Crippen LogP contribution >= 0.6 is 0 Å². The molecule has 0 radical (unpaired) electrons. The second-order valence-corrected chi connectivity index (χ2v) is 13.5. The molecule has 3 rings (SSSR count). The van der Waals surface area contributed by atoms with Crippen molar-refractivity contribution in [2.24, 2.45) is 5.14 Å². The largest absolute Gasteiger partial charge is 0.311 e. The van der Waals surface area contributed by atoms with Gasteiger partial charge in [0, 0.05) is 6.04 Å². The van der Waals surface area contributed by atoms with Gasteiger partial charge in [0.15, 0.2) is 19.7 Å². The molecule has 2 atom stereocenters. The van der Waals surface area contributed by atoms with E-state index in [9.17, 15) is 25.3 Å². The van der Waals surface area contributed by atoms with Crippen molar-refractivity contribution in [1.82, 2.24) is 5.32 Å². The summed E-state index contributed by atoms with van der Waals surface area (Å²) in [6.45, 7) is 2.31. The van der Waals surface area contributed by atoms with Crippen molar-refractivity contribution in [2.45, 2.75) is 40.8 Å². The molecule has 3 N–H and O–H groups in total. The van der Waals surface area contributed by atoms with Gasteiger partial charge in [0.25, 0.3) is 0 Å². The van der Waals surface area contributed by atoms with Crippen LogP contribution in [0.1, 0.15) is 18.1 Å². The van der Waals surface area contributed by atoms with Crippen LogP contribution in [-0.4, -0.2) is 54.6 Å². The highest BCUT2D eigenvalue weighted by atomic mass is 32.2. The predicted octanol–water partition coefficient (Wildman–Crippen LogP) is 0.668. The molecular formula is C20H26N2O6S3. The lowest BCUT2D eigenvalue weighted by Crippen LogP contribution is -2.44. The summed E-state index contributed by atoms with van der Waals surface area (Å²) in [7, 11) is -11.1. The summed E-state index contributed by atoms with van der Waals surface area (Å²) < 4.78 is 73.3. The van der Waals surface area contributed by atoms with Crippen LogP contribution in [0.4, 0.5) is 0 Å². The fourth-order valence-electron chi connectivity index (χ4n) is 3.65. The fraction of sp³-hybridized carbons (Fsp3) is 0.400. The summed E-state index contributed by atoms with van der Waals surface area (Å²) in [5.74, 6) is -0.653. The summed E-state index contributed by atoms with van der Waals surface area (Å²) in [5, 5.41) is 7.10. The van der Waals surface area contributed by atoms with Gasteiger partial charge < -0.3 is 5.32 Å². The zero-order valence-electron chi connectivity index (χ0n) is 17.1. The van der Waals surface area contributed by atoms with Crippen molar-refractivity contribution in [2.75, 3.05) is 18.1 Å². The number of hydrogen-bond acceptors (Lipinski definition) is 7. The van der Waals surface area contributed by atoms with E-state index in [-0.39, 0.29) is 15.5 Å². The Labute approximate surface area is 183 Å². The number of aryl methyl sites for hydroxylation is 1. The normalized spacial score (nSPS) is 21.2. The average molecular weight is 487 g/mol. The maximum Gasteiger partial charge on any atom is 0.238 e. The molecule has 0 amide bonds. The summed E-state index contributed by atoms with van der Waals surface area (Å²) in [6, 6.07) is 11.9. The average Bonchev–Trinajstić information content (AvgIpc) is 3.03. The second-order valence-electron chi connectivity index (χ2n) is 7.66. The molecule has 2 aromatic carbocycles. The first-order chi connectivity index (χ1) is 14.4. The van der Waals surface area contributed by atoms with Gasteiger partial charge in [-0.05, 0) is 54.8 Å². The van der Waals surface area contributed by atoms with Gasteiger partial charge in [0.1, 0.15) is 0 Å². The summed E-state index contributed by atoms with van der Waals surface area (Å²) in [5.41, 5.74) is 1.82. The number of hydrogen-bond donors (Lipinski definition) is 2. The van der Waals surface area contributed by atoms with E-state index >= 15 is 0 Å².